The summed E-state index contributed by atoms with van der Waals surface area (Å²) in [5.74, 6) is 0. The fourth-order valence-corrected chi connectivity index (χ4v) is 2.30. The minimum absolute atomic E-state index is 0.0911. The molecule has 100 valence electrons. The average Bonchev–Trinajstić information content (AvgIpc) is 2.88. The summed E-state index contributed by atoms with van der Waals surface area (Å²) in [6.45, 7) is 2.00. The number of benzene rings is 1. The fourth-order valence-electron chi connectivity index (χ4n) is 1.66. The second-order valence-corrected chi connectivity index (χ2v) is 5.13. The topological polar surface area (TPSA) is 66.9 Å². The van der Waals surface area contributed by atoms with Crippen molar-refractivity contribution in [1.82, 2.24) is 15.5 Å². The number of rotatable bonds is 4. The zero-order valence-electron chi connectivity index (χ0n) is 10.3. The van der Waals surface area contributed by atoms with Crippen LogP contribution in [0.25, 0.3) is 0 Å². The van der Waals surface area contributed by atoms with Crippen LogP contribution in [0, 0.1) is 0 Å². The highest BCUT2D eigenvalue weighted by molar-refractivity contribution is 7.13. The average molecular weight is 297 g/mol. The molecule has 0 aliphatic carbocycles. The van der Waals surface area contributed by atoms with E-state index in [9.17, 15) is 4.79 Å². The predicted molar refractivity (Wildman–Crippen MR) is 76.5 cm³/mol. The van der Waals surface area contributed by atoms with E-state index in [1.165, 1.54) is 11.3 Å². The summed E-state index contributed by atoms with van der Waals surface area (Å²) >= 11 is 7.22. The first-order valence-corrected chi connectivity index (χ1v) is 7.04. The van der Waals surface area contributed by atoms with E-state index in [-0.39, 0.29) is 12.1 Å². The summed E-state index contributed by atoms with van der Waals surface area (Å²) in [6, 6.07) is 7.06. The molecule has 0 bridgehead atoms. The molecule has 2 rings (SSSR count). The molecule has 0 saturated carbocycles. The highest BCUT2D eigenvalue weighted by Crippen LogP contribution is 2.20. The van der Waals surface area contributed by atoms with Crippen molar-refractivity contribution in [3.05, 3.63) is 40.4 Å². The first-order valence-electron chi connectivity index (χ1n) is 5.78. The maximum Gasteiger partial charge on any atom is 0.321 e. The molecule has 0 unspecified atom stereocenters. The number of aromatic nitrogens is 2. The van der Waals surface area contributed by atoms with Gasteiger partial charge in [-0.15, -0.1) is 10.2 Å². The number of hydrogen-bond acceptors (Lipinski definition) is 4. The zero-order chi connectivity index (χ0) is 13.7. The Morgan fingerprint density at radius 2 is 2.37 bits per heavy atom. The highest BCUT2D eigenvalue weighted by atomic mass is 35.5. The van der Waals surface area contributed by atoms with Crippen LogP contribution in [0.1, 0.15) is 24.9 Å². The number of urea groups is 1. The monoisotopic (exact) mass is 296 g/mol. The summed E-state index contributed by atoms with van der Waals surface area (Å²) in [6.07, 6.45) is 0.768. The van der Waals surface area contributed by atoms with Crippen LogP contribution >= 0.6 is 22.9 Å². The molecule has 1 aromatic heterocycles. The van der Waals surface area contributed by atoms with E-state index in [1.807, 2.05) is 25.1 Å². The van der Waals surface area contributed by atoms with Gasteiger partial charge in [-0.1, -0.05) is 42.0 Å². The van der Waals surface area contributed by atoms with Crippen LogP contribution in [0.5, 0.6) is 0 Å². The Morgan fingerprint density at radius 1 is 1.53 bits per heavy atom. The molecule has 2 N–H and O–H groups in total. The summed E-state index contributed by atoms with van der Waals surface area (Å²) in [4.78, 5) is 11.8. The Hall–Kier alpha value is -1.66. The molecule has 2 aromatic rings. The Bertz CT molecular complexity index is 546. The van der Waals surface area contributed by atoms with Gasteiger partial charge in [0.05, 0.1) is 6.04 Å². The number of carbonyl (C=O) groups is 1. The molecule has 1 heterocycles. The second-order valence-electron chi connectivity index (χ2n) is 3.86. The number of amides is 2. The second kappa shape index (κ2) is 6.49. The molecule has 5 nitrogen and oxygen atoms in total. The van der Waals surface area contributed by atoms with Gasteiger partial charge in [0.15, 0.2) is 0 Å². The third-order valence-electron chi connectivity index (χ3n) is 2.55. The van der Waals surface area contributed by atoms with Crippen LogP contribution in [0.2, 0.25) is 5.02 Å². The molecular formula is C12H13ClN4OS. The third-order valence-corrected chi connectivity index (χ3v) is 3.39. The molecule has 0 radical (unpaired) electrons. The molecule has 0 fully saturated rings. The first kappa shape index (κ1) is 13.8. The van der Waals surface area contributed by atoms with Crippen molar-refractivity contribution in [2.24, 2.45) is 0 Å². The largest absolute Gasteiger partial charge is 0.331 e. The molecule has 19 heavy (non-hydrogen) atoms. The van der Waals surface area contributed by atoms with Crippen LogP contribution in [0.4, 0.5) is 9.93 Å². The van der Waals surface area contributed by atoms with Crippen LogP contribution in [-0.4, -0.2) is 16.2 Å². The standard InChI is InChI=1S/C12H13ClN4OS/c1-2-10(8-4-3-5-9(13)6-8)15-11(18)16-12-17-14-7-19-12/h3-7,10H,2H2,1H3,(H2,15,16,17,18)/t10-/m0/s1. The van der Waals surface area contributed by atoms with Gasteiger partial charge in [-0.3, -0.25) is 5.32 Å². The van der Waals surface area contributed by atoms with Gasteiger partial charge < -0.3 is 5.32 Å². The zero-order valence-corrected chi connectivity index (χ0v) is 11.8. The Morgan fingerprint density at radius 3 is 3.00 bits per heavy atom. The van der Waals surface area contributed by atoms with E-state index in [4.69, 9.17) is 11.6 Å². The van der Waals surface area contributed by atoms with E-state index in [1.54, 1.807) is 11.6 Å². The van der Waals surface area contributed by atoms with Gasteiger partial charge in [0.25, 0.3) is 0 Å². The van der Waals surface area contributed by atoms with E-state index in [0.717, 1.165) is 12.0 Å². The molecule has 0 saturated heterocycles. The Labute approximate surface area is 120 Å². The lowest BCUT2D eigenvalue weighted by Crippen LogP contribution is -2.32. The van der Waals surface area contributed by atoms with Crippen molar-refractivity contribution in [3.8, 4) is 0 Å². The molecule has 2 amide bonds. The first-order chi connectivity index (χ1) is 9.19. The number of carbonyl (C=O) groups excluding carboxylic acids is 1. The van der Waals surface area contributed by atoms with E-state index in [2.05, 4.69) is 20.8 Å². The summed E-state index contributed by atoms with van der Waals surface area (Å²) in [5.41, 5.74) is 2.53. The van der Waals surface area contributed by atoms with Crippen LogP contribution in [0.15, 0.2) is 29.8 Å². The maximum absolute atomic E-state index is 11.8. The summed E-state index contributed by atoms with van der Waals surface area (Å²) < 4.78 is 0. The van der Waals surface area contributed by atoms with E-state index in [0.29, 0.717) is 10.2 Å². The van der Waals surface area contributed by atoms with Gasteiger partial charge in [-0.25, -0.2) is 4.79 Å². The van der Waals surface area contributed by atoms with Crippen molar-refractivity contribution < 1.29 is 4.79 Å². The van der Waals surface area contributed by atoms with Crippen molar-refractivity contribution >= 4 is 34.1 Å². The van der Waals surface area contributed by atoms with Gasteiger partial charge in [0, 0.05) is 5.02 Å². The molecular weight excluding hydrogens is 284 g/mol. The molecule has 0 aliphatic heterocycles. The third kappa shape index (κ3) is 3.90. The van der Waals surface area contributed by atoms with Crippen molar-refractivity contribution in [2.45, 2.75) is 19.4 Å². The molecule has 0 aliphatic rings. The lowest BCUT2D eigenvalue weighted by Gasteiger charge is -2.17. The maximum atomic E-state index is 11.8. The predicted octanol–water partition coefficient (Wildman–Crippen LogP) is 3.46. The number of anilines is 1. The molecule has 1 atom stereocenters. The van der Waals surface area contributed by atoms with Crippen molar-refractivity contribution in [2.75, 3.05) is 5.32 Å². The van der Waals surface area contributed by atoms with Gasteiger partial charge in [-0.2, -0.15) is 0 Å². The van der Waals surface area contributed by atoms with Crippen molar-refractivity contribution in [3.63, 3.8) is 0 Å². The molecule has 0 spiro atoms. The lowest BCUT2D eigenvalue weighted by molar-refractivity contribution is 0.248. The van der Waals surface area contributed by atoms with Gasteiger partial charge in [0.2, 0.25) is 5.13 Å². The summed E-state index contributed by atoms with van der Waals surface area (Å²) in [5, 5.41) is 14.0. The number of halogens is 1. The SMILES string of the molecule is CC[C@H](NC(=O)Nc1nncs1)c1cccc(Cl)c1. The minimum Gasteiger partial charge on any atom is -0.331 e. The number of hydrogen-bond donors (Lipinski definition) is 2. The lowest BCUT2D eigenvalue weighted by atomic mass is 10.1. The van der Waals surface area contributed by atoms with Gasteiger partial charge in [-0.05, 0) is 24.1 Å². The number of nitrogens with zero attached hydrogens (tertiary/aromatic N) is 2. The Kier molecular flexibility index (Phi) is 4.70. The van der Waals surface area contributed by atoms with E-state index >= 15 is 0 Å². The van der Waals surface area contributed by atoms with Crippen LogP contribution in [-0.2, 0) is 0 Å². The Balaban J connectivity index is 2.01. The quantitative estimate of drug-likeness (QED) is 0.908. The van der Waals surface area contributed by atoms with Gasteiger partial charge in [0.1, 0.15) is 5.51 Å². The highest BCUT2D eigenvalue weighted by Gasteiger charge is 2.13. The minimum atomic E-state index is -0.302. The van der Waals surface area contributed by atoms with Gasteiger partial charge >= 0.3 is 6.03 Å². The van der Waals surface area contributed by atoms with Crippen LogP contribution < -0.4 is 10.6 Å². The van der Waals surface area contributed by atoms with Crippen molar-refractivity contribution in [1.29, 1.82) is 0 Å². The normalized spacial score (nSPS) is 11.9. The summed E-state index contributed by atoms with van der Waals surface area (Å²) in [7, 11) is 0. The molecule has 1 aromatic carbocycles. The van der Waals surface area contributed by atoms with E-state index < -0.39 is 0 Å². The fraction of sp³-hybridized carbons (Fsp3) is 0.250. The molecule has 7 heteroatoms. The number of nitrogens with one attached hydrogen (secondary N) is 2. The smallest absolute Gasteiger partial charge is 0.321 e. The van der Waals surface area contributed by atoms with Crippen LogP contribution in [0.3, 0.4) is 0 Å².